The zero-order chi connectivity index (χ0) is 18.8. The van der Waals surface area contributed by atoms with Gasteiger partial charge in [-0.1, -0.05) is 36.4 Å². The Hall–Kier alpha value is -3.34. The van der Waals surface area contributed by atoms with Gasteiger partial charge in [0.25, 0.3) is 11.8 Å². The van der Waals surface area contributed by atoms with Gasteiger partial charge in [0.2, 0.25) is 0 Å². The number of hydrogen-bond donors (Lipinski definition) is 1. The van der Waals surface area contributed by atoms with Gasteiger partial charge in [-0.25, -0.2) is 0 Å². The molecule has 2 aliphatic heterocycles. The Balaban J connectivity index is 1.58. The number of benzene rings is 2. The number of aromatic nitrogens is 2. The van der Waals surface area contributed by atoms with E-state index in [1.807, 2.05) is 30.5 Å². The summed E-state index contributed by atoms with van der Waals surface area (Å²) in [5, 5.41) is 5.92. The highest BCUT2D eigenvalue weighted by Crippen LogP contribution is 2.44. The minimum atomic E-state index is -0.577. The van der Waals surface area contributed by atoms with E-state index in [1.54, 1.807) is 0 Å². The fraction of sp³-hybridized carbons (Fsp3) is 0.217. The van der Waals surface area contributed by atoms with Crippen molar-refractivity contribution < 1.29 is 9.59 Å². The number of fused-ring (bicyclic) bond motifs is 1. The summed E-state index contributed by atoms with van der Waals surface area (Å²) in [6, 6.07) is 14.2. The van der Waals surface area contributed by atoms with Crippen LogP contribution < -0.4 is 5.32 Å². The highest BCUT2D eigenvalue weighted by molar-refractivity contribution is 6.12. The average Bonchev–Trinajstić information content (AvgIpc) is 3.37. The van der Waals surface area contributed by atoms with Crippen molar-refractivity contribution in [1.29, 1.82) is 0 Å². The van der Waals surface area contributed by atoms with Crippen LogP contribution in [0, 0.1) is 0 Å². The maximum atomic E-state index is 12.9. The molecule has 28 heavy (non-hydrogen) atoms. The van der Waals surface area contributed by atoms with Gasteiger partial charge in [0, 0.05) is 35.2 Å². The first kappa shape index (κ1) is 15.7. The minimum Gasteiger partial charge on any atom is -0.361 e. The second kappa shape index (κ2) is 5.58. The number of nitrogens with zero attached hydrogens (tertiary/aromatic N) is 2. The Morgan fingerprint density at radius 1 is 0.929 bits per heavy atom. The molecule has 1 saturated heterocycles. The lowest BCUT2D eigenvalue weighted by Crippen LogP contribution is -2.14. The van der Waals surface area contributed by atoms with E-state index in [0.717, 1.165) is 46.8 Å². The molecule has 0 aliphatic carbocycles. The summed E-state index contributed by atoms with van der Waals surface area (Å²) in [5.41, 5.74) is 5.26. The second-order valence-corrected chi connectivity index (χ2v) is 7.73. The number of carbonyl (C=O) groups excluding carboxylic acids is 2. The normalized spacial score (nSPS) is 21.6. The van der Waals surface area contributed by atoms with Gasteiger partial charge in [0.15, 0.2) is 0 Å². The van der Waals surface area contributed by atoms with E-state index >= 15 is 0 Å². The largest absolute Gasteiger partial charge is 0.361 e. The summed E-state index contributed by atoms with van der Waals surface area (Å²) in [4.78, 5) is 28.9. The maximum Gasteiger partial charge on any atom is 0.257 e. The molecule has 4 heterocycles. The van der Waals surface area contributed by atoms with Crippen LogP contribution in [0.15, 0.2) is 54.9 Å². The minimum absolute atomic E-state index is 0.330. The van der Waals surface area contributed by atoms with Gasteiger partial charge in [0.1, 0.15) is 0 Å². The molecular weight excluding hydrogens is 350 g/mol. The molecule has 2 aliphatic rings. The van der Waals surface area contributed by atoms with Gasteiger partial charge >= 0.3 is 0 Å². The molecule has 1 radical (unpaired) electrons. The van der Waals surface area contributed by atoms with Crippen LogP contribution in [0.25, 0.3) is 21.8 Å². The second-order valence-electron chi connectivity index (χ2n) is 7.73. The van der Waals surface area contributed by atoms with E-state index in [0.29, 0.717) is 0 Å². The van der Waals surface area contributed by atoms with E-state index in [9.17, 15) is 9.59 Å². The summed E-state index contributed by atoms with van der Waals surface area (Å²) >= 11 is 0. The zero-order valence-corrected chi connectivity index (χ0v) is 15.2. The average molecular weight is 368 g/mol. The summed E-state index contributed by atoms with van der Waals surface area (Å²) in [7, 11) is 0. The third-order valence-corrected chi connectivity index (χ3v) is 6.24. The van der Waals surface area contributed by atoms with Crippen molar-refractivity contribution in [2.75, 3.05) is 0 Å². The van der Waals surface area contributed by atoms with Crippen molar-refractivity contribution in [3.8, 4) is 0 Å². The lowest BCUT2D eigenvalue weighted by Gasteiger charge is -2.15. The van der Waals surface area contributed by atoms with Crippen LogP contribution >= 0.6 is 0 Å². The van der Waals surface area contributed by atoms with Crippen molar-refractivity contribution in [1.82, 2.24) is 14.9 Å². The molecule has 2 unspecified atom stereocenters. The van der Waals surface area contributed by atoms with Crippen LogP contribution in [0.2, 0.25) is 0 Å². The monoisotopic (exact) mass is 368 g/mol. The number of rotatable bonds is 2. The lowest BCUT2D eigenvalue weighted by molar-refractivity contribution is -0.125. The third kappa shape index (κ3) is 2.01. The standard InChI is InChI=1S/C23H18N3O2/c27-22-19(16-11-24-18-9-2-1-7-14(16)18)20(23(28)25-22)17-12-26-10-4-6-13-5-3-8-15(17)21(13)26/h1-3,5,7-9,11-12,19-20,24H,4,6,10H2. The van der Waals surface area contributed by atoms with Crippen LogP contribution in [0.4, 0.5) is 0 Å². The molecule has 137 valence electrons. The van der Waals surface area contributed by atoms with Crippen molar-refractivity contribution in [3.63, 3.8) is 0 Å². The Morgan fingerprint density at radius 3 is 2.61 bits per heavy atom. The number of aryl methyl sites for hydroxylation is 2. The van der Waals surface area contributed by atoms with Crippen LogP contribution in [0.5, 0.6) is 0 Å². The van der Waals surface area contributed by atoms with Crippen molar-refractivity contribution in [2.45, 2.75) is 31.2 Å². The van der Waals surface area contributed by atoms with Gasteiger partial charge in [-0.2, -0.15) is 5.32 Å². The molecule has 2 aromatic heterocycles. The first-order valence-electron chi connectivity index (χ1n) is 9.68. The van der Waals surface area contributed by atoms with Gasteiger partial charge < -0.3 is 9.55 Å². The number of aromatic amines is 1. The molecule has 2 atom stereocenters. The SMILES string of the molecule is O=C1[N]C(=O)C(c2cn3c4c(cccc24)CCC3)C1c1c[nH]c2ccccc12. The van der Waals surface area contributed by atoms with Crippen LogP contribution in [0.3, 0.4) is 0 Å². The summed E-state index contributed by atoms with van der Waals surface area (Å²) in [5.74, 6) is -1.81. The zero-order valence-electron chi connectivity index (χ0n) is 15.2. The fourth-order valence-corrected chi connectivity index (χ4v) is 5.04. The molecule has 5 nitrogen and oxygen atoms in total. The number of H-pyrrole nitrogens is 1. The van der Waals surface area contributed by atoms with Gasteiger partial charge in [-0.05, 0) is 35.6 Å². The lowest BCUT2D eigenvalue weighted by atomic mass is 9.83. The smallest absolute Gasteiger partial charge is 0.257 e. The molecule has 5 heteroatoms. The van der Waals surface area contributed by atoms with Crippen LogP contribution in [-0.4, -0.2) is 21.4 Å². The number of nitrogens with one attached hydrogen (secondary N) is 1. The molecular formula is C23H18N3O2. The Morgan fingerprint density at radius 2 is 1.71 bits per heavy atom. The third-order valence-electron chi connectivity index (χ3n) is 6.24. The molecule has 2 amide bonds. The molecule has 1 fully saturated rings. The highest BCUT2D eigenvalue weighted by atomic mass is 16.2. The van der Waals surface area contributed by atoms with E-state index in [4.69, 9.17) is 0 Å². The molecule has 0 spiro atoms. The molecule has 0 saturated carbocycles. The first-order valence-corrected chi connectivity index (χ1v) is 9.68. The highest BCUT2D eigenvalue weighted by Gasteiger charge is 2.47. The maximum absolute atomic E-state index is 12.9. The van der Waals surface area contributed by atoms with E-state index in [1.165, 1.54) is 11.1 Å². The van der Waals surface area contributed by atoms with Crippen molar-refractivity contribution in [2.24, 2.45) is 0 Å². The van der Waals surface area contributed by atoms with Crippen LogP contribution in [0.1, 0.15) is 34.9 Å². The number of imide groups is 1. The van der Waals surface area contributed by atoms with E-state index in [-0.39, 0.29) is 11.8 Å². The van der Waals surface area contributed by atoms with Gasteiger partial charge in [-0.3, -0.25) is 9.59 Å². The summed E-state index contributed by atoms with van der Waals surface area (Å²) in [6.45, 7) is 0.942. The molecule has 4 aromatic rings. The van der Waals surface area contributed by atoms with Crippen molar-refractivity contribution >= 4 is 33.6 Å². The predicted octanol–water partition coefficient (Wildman–Crippen LogP) is 3.61. The Kier molecular flexibility index (Phi) is 3.13. The van der Waals surface area contributed by atoms with Crippen LogP contribution in [-0.2, 0) is 22.6 Å². The number of amides is 2. The summed E-state index contributed by atoms with van der Waals surface area (Å²) in [6.07, 6.45) is 6.07. The molecule has 2 aromatic carbocycles. The Labute approximate surface area is 161 Å². The van der Waals surface area contributed by atoms with E-state index in [2.05, 4.69) is 39.3 Å². The number of para-hydroxylation sites is 2. The molecule has 0 bridgehead atoms. The van der Waals surface area contributed by atoms with Crippen molar-refractivity contribution in [3.05, 3.63) is 71.5 Å². The Bertz CT molecular complexity index is 1280. The topological polar surface area (TPSA) is 69.0 Å². The van der Waals surface area contributed by atoms with E-state index < -0.39 is 11.8 Å². The number of hydrogen-bond acceptors (Lipinski definition) is 2. The molecule has 6 rings (SSSR count). The first-order chi connectivity index (χ1) is 13.7. The summed E-state index contributed by atoms with van der Waals surface area (Å²) < 4.78 is 2.24. The number of carbonyl (C=O) groups is 2. The molecule has 1 N–H and O–H groups in total. The fourth-order valence-electron chi connectivity index (χ4n) is 5.04. The van der Waals surface area contributed by atoms with Gasteiger partial charge in [0.05, 0.1) is 17.4 Å². The quantitative estimate of drug-likeness (QED) is 0.549. The van der Waals surface area contributed by atoms with Gasteiger partial charge in [-0.15, -0.1) is 0 Å². The predicted molar refractivity (Wildman–Crippen MR) is 106 cm³/mol.